The molecule has 1 aliphatic rings. The fourth-order valence-electron chi connectivity index (χ4n) is 2.32. The molecule has 1 atom stereocenters. The molecular formula is C11H20N4O3. The molecule has 3 amide bonds. The Morgan fingerprint density at radius 2 is 1.78 bits per heavy atom. The van der Waals surface area contributed by atoms with Gasteiger partial charge >= 0.3 is 0 Å². The molecule has 1 unspecified atom stereocenters. The van der Waals surface area contributed by atoms with Crippen molar-refractivity contribution in [3.05, 3.63) is 0 Å². The first-order valence-corrected chi connectivity index (χ1v) is 6.02. The molecule has 1 heterocycles. The summed E-state index contributed by atoms with van der Waals surface area (Å²) in [6, 6.07) is 0. The highest BCUT2D eigenvalue weighted by Gasteiger charge is 2.42. The van der Waals surface area contributed by atoms with Crippen LogP contribution in [0.3, 0.4) is 0 Å². The van der Waals surface area contributed by atoms with E-state index >= 15 is 0 Å². The molecule has 1 saturated heterocycles. The quantitative estimate of drug-likeness (QED) is 0.525. The van der Waals surface area contributed by atoms with E-state index in [2.05, 4.69) is 5.32 Å². The molecule has 0 aromatic rings. The Morgan fingerprint density at radius 1 is 1.22 bits per heavy atom. The molecule has 7 heteroatoms. The van der Waals surface area contributed by atoms with Crippen LogP contribution in [0.15, 0.2) is 0 Å². The predicted octanol–water partition coefficient (Wildman–Crippen LogP) is -1.68. The van der Waals surface area contributed by atoms with Crippen LogP contribution in [0.1, 0.15) is 26.2 Å². The summed E-state index contributed by atoms with van der Waals surface area (Å²) in [6.45, 7) is 2.07. The van der Waals surface area contributed by atoms with Gasteiger partial charge in [0.25, 0.3) is 0 Å². The first kappa shape index (κ1) is 14.4. The third kappa shape index (κ3) is 3.19. The average molecular weight is 256 g/mol. The first-order valence-electron chi connectivity index (χ1n) is 6.02. The smallest absolute Gasteiger partial charge is 0.243 e. The van der Waals surface area contributed by atoms with Crippen LogP contribution in [-0.2, 0) is 14.4 Å². The third-order valence-corrected chi connectivity index (χ3v) is 3.24. The van der Waals surface area contributed by atoms with E-state index in [1.165, 1.54) is 0 Å². The van der Waals surface area contributed by atoms with Crippen molar-refractivity contribution in [2.24, 2.45) is 11.5 Å². The Hall–Kier alpha value is -1.63. The lowest BCUT2D eigenvalue weighted by atomic mass is 9.92. The van der Waals surface area contributed by atoms with Crippen LogP contribution < -0.4 is 16.8 Å². The molecule has 1 fully saturated rings. The number of hydrogen-bond donors (Lipinski definition) is 3. The molecule has 7 nitrogen and oxygen atoms in total. The lowest BCUT2D eigenvalue weighted by Gasteiger charge is -2.32. The maximum absolute atomic E-state index is 12.4. The van der Waals surface area contributed by atoms with Gasteiger partial charge in [-0.15, -0.1) is 0 Å². The van der Waals surface area contributed by atoms with E-state index in [4.69, 9.17) is 11.5 Å². The first-order chi connectivity index (χ1) is 8.41. The lowest BCUT2D eigenvalue weighted by molar-refractivity contribution is -0.143. The van der Waals surface area contributed by atoms with Gasteiger partial charge in [-0.3, -0.25) is 14.4 Å². The number of carbonyl (C=O) groups excluding carboxylic acids is 3. The molecule has 0 aliphatic carbocycles. The summed E-state index contributed by atoms with van der Waals surface area (Å²) in [4.78, 5) is 35.5. The number of rotatable bonds is 6. The van der Waals surface area contributed by atoms with Crippen molar-refractivity contribution in [3.63, 3.8) is 0 Å². The number of carbonyl (C=O) groups is 3. The number of hydrogen-bond acceptors (Lipinski definition) is 4. The van der Waals surface area contributed by atoms with Gasteiger partial charge in [0, 0.05) is 0 Å². The summed E-state index contributed by atoms with van der Waals surface area (Å²) >= 11 is 0. The summed E-state index contributed by atoms with van der Waals surface area (Å²) in [6.07, 6.45) is 2.18. The van der Waals surface area contributed by atoms with Crippen LogP contribution in [0.5, 0.6) is 0 Å². The topological polar surface area (TPSA) is 119 Å². The lowest BCUT2D eigenvalue weighted by Crippen LogP contribution is -2.57. The second-order valence-electron chi connectivity index (χ2n) is 4.56. The maximum atomic E-state index is 12.4. The molecule has 0 aromatic heterocycles. The largest absolute Gasteiger partial charge is 0.368 e. The molecule has 0 aromatic carbocycles. The predicted molar refractivity (Wildman–Crippen MR) is 65.2 cm³/mol. The molecule has 0 spiro atoms. The summed E-state index contributed by atoms with van der Waals surface area (Å²) in [5.74, 6) is -1.59. The van der Waals surface area contributed by atoms with E-state index in [1.54, 1.807) is 0 Å². The highest BCUT2D eigenvalue weighted by atomic mass is 16.2. The van der Waals surface area contributed by atoms with Crippen LogP contribution in [0, 0.1) is 0 Å². The van der Waals surface area contributed by atoms with E-state index in [1.807, 2.05) is 6.92 Å². The van der Waals surface area contributed by atoms with Gasteiger partial charge in [0.2, 0.25) is 17.7 Å². The highest BCUT2D eigenvalue weighted by Crippen LogP contribution is 2.25. The molecule has 102 valence electrons. The van der Waals surface area contributed by atoms with Crippen molar-refractivity contribution < 1.29 is 14.4 Å². The Bertz CT molecular complexity index is 334. The molecule has 18 heavy (non-hydrogen) atoms. The molecule has 0 radical (unpaired) electrons. The number of primary amides is 2. The van der Waals surface area contributed by atoms with Crippen molar-refractivity contribution in [2.45, 2.75) is 31.7 Å². The van der Waals surface area contributed by atoms with Crippen LogP contribution in [-0.4, -0.2) is 47.8 Å². The van der Waals surface area contributed by atoms with Crippen molar-refractivity contribution in [3.8, 4) is 0 Å². The van der Waals surface area contributed by atoms with Crippen molar-refractivity contribution in [2.75, 3.05) is 19.6 Å². The van der Waals surface area contributed by atoms with E-state index in [0.29, 0.717) is 12.8 Å². The minimum absolute atomic E-state index is 0.278. The Balaban J connectivity index is 2.85. The SMILES string of the molecule is CCC1(C(=O)N(CC(N)=O)CC(N)=O)CCCN1. The highest BCUT2D eigenvalue weighted by molar-refractivity contribution is 5.93. The van der Waals surface area contributed by atoms with Gasteiger partial charge in [0.15, 0.2) is 0 Å². The van der Waals surface area contributed by atoms with Gasteiger partial charge in [-0.05, 0) is 25.8 Å². The minimum Gasteiger partial charge on any atom is -0.368 e. The Morgan fingerprint density at radius 3 is 2.11 bits per heavy atom. The zero-order valence-corrected chi connectivity index (χ0v) is 10.6. The standard InChI is InChI=1S/C11H20N4O3/c1-2-11(4-3-5-14-11)10(18)15(6-8(12)16)7-9(13)17/h14H,2-7H2,1H3,(H2,12,16)(H2,13,17). The fraction of sp³-hybridized carbons (Fsp3) is 0.727. The van der Waals surface area contributed by atoms with E-state index in [-0.39, 0.29) is 19.0 Å². The normalized spacial score (nSPS) is 22.7. The second kappa shape index (κ2) is 5.81. The average Bonchev–Trinajstić information content (AvgIpc) is 2.75. The van der Waals surface area contributed by atoms with E-state index < -0.39 is 17.4 Å². The number of amides is 3. The van der Waals surface area contributed by atoms with E-state index in [0.717, 1.165) is 17.9 Å². The molecule has 0 saturated carbocycles. The van der Waals surface area contributed by atoms with E-state index in [9.17, 15) is 14.4 Å². The fourth-order valence-corrected chi connectivity index (χ4v) is 2.32. The summed E-state index contributed by atoms with van der Waals surface area (Å²) in [5.41, 5.74) is 9.48. The van der Waals surface area contributed by atoms with Crippen LogP contribution in [0.2, 0.25) is 0 Å². The number of nitrogens with zero attached hydrogens (tertiary/aromatic N) is 1. The molecule has 1 rings (SSSR count). The van der Waals surface area contributed by atoms with Gasteiger partial charge < -0.3 is 21.7 Å². The minimum atomic E-state index is -0.690. The van der Waals surface area contributed by atoms with Gasteiger partial charge in [-0.2, -0.15) is 0 Å². The van der Waals surface area contributed by atoms with Crippen molar-refractivity contribution >= 4 is 17.7 Å². The zero-order chi connectivity index (χ0) is 13.8. The molecule has 5 N–H and O–H groups in total. The van der Waals surface area contributed by atoms with Crippen molar-refractivity contribution in [1.29, 1.82) is 0 Å². The summed E-state index contributed by atoms with van der Waals surface area (Å²) < 4.78 is 0. The second-order valence-corrected chi connectivity index (χ2v) is 4.56. The van der Waals surface area contributed by atoms with Crippen molar-refractivity contribution in [1.82, 2.24) is 10.2 Å². The summed E-state index contributed by atoms with van der Waals surface area (Å²) in [7, 11) is 0. The van der Waals surface area contributed by atoms with Crippen LogP contribution in [0.4, 0.5) is 0 Å². The maximum Gasteiger partial charge on any atom is 0.243 e. The third-order valence-electron chi connectivity index (χ3n) is 3.24. The zero-order valence-electron chi connectivity index (χ0n) is 10.6. The molecule has 1 aliphatic heterocycles. The number of nitrogens with two attached hydrogens (primary N) is 2. The molecular weight excluding hydrogens is 236 g/mol. The Kier molecular flexibility index (Phi) is 4.66. The molecule has 0 bridgehead atoms. The summed E-state index contributed by atoms with van der Waals surface area (Å²) in [5, 5.41) is 3.15. The Labute approximate surface area is 106 Å². The van der Waals surface area contributed by atoms with Gasteiger partial charge in [0.1, 0.15) is 0 Å². The number of nitrogens with one attached hydrogen (secondary N) is 1. The van der Waals surface area contributed by atoms with Gasteiger partial charge in [-0.1, -0.05) is 6.92 Å². The monoisotopic (exact) mass is 256 g/mol. The van der Waals surface area contributed by atoms with Crippen LogP contribution >= 0.6 is 0 Å². The van der Waals surface area contributed by atoms with Gasteiger partial charge in [0.05, 0.1) is 18.6 Å². The van der Waals surface area contributed by atoms with Gasteiger partial charge in [-0.25, -0.2) is 0 Å². The van der Waals surface area contributed by atoms with Crippen LogP contribution in [0.25, 0.3) is 0 Å².